The first-order chi connectivity index (χ1) is 12.6. The van der Waals surface area contributed by atoms with E-state index in [1.165, 1.54) is 6.07 Å². The Morgan fingerprint density at radius 2 is 1.85 bits per heavy atom. The van der Waals surface area contributed by atoms with Crippen molar-refractivity contribution in [2.45, 2.75) is 31.2 Å². The van der Waals surface area contributed by atoms with Gasteiger partial charge < -0.3 is 9.84 Å². The fourth-order valence-corrected chi connectivity index (χ4v) is 3.17. The van der Waals surface area contributed by atoms with Gasteiger partial charge in [0.05, 0.1) is 22.7 Å². The summed E-state index contributed by atoms with van der Waals surface area (Å²) in [5, 5.41) is 7.13. The summed E-state index contributed by atoms with van der Waals surface area (Å²) in [4.78, 5) is 12.9. The van der Waals surface area contributed by atoms with Gasteiger partial charge in [0.2, 0.25) is 5.91 Å². The van der Waals surface area contributed by atoms with Gasteiger partial charge in [-0.05, 0) is 37.5 Å². The molecule has 1 N–H and O–H groups in total. The van der Waals surface area contributed by atoms with E-state index in [0.29, 0.717) is 29.9 Å². The maximum absolute atomic E-state index is 13.9. The first-order valence-electron chi connectivity index (χ1n) is 8.68. The van der Waals surface area contributed by atoms with Crippen molar-refractivity contribution < 1.29 is 13.7 Å². The number of benzene rings is 2. The van der Waals surface area contributed by atoms with Gasteiger partial charge >= 0.3 is 0 Å². The molecule has 1 amide bonds. The number of carbonyl (C=O) groups excluding carboxylic acids is 1. The minimum atomic E-state index is -0.671. The van der Waals surface area contributed by atoms with Crippen molar-refractivity contribution in [2.24, 2.45) is 0 Å². The van der Waals surface area contributed by atoms with Gasteiger partial charge in [-0.3, -0.25) is 4.79 Å². The van der Waals surface area contributed by atoms with Gasteiger partial charge in [-0.1, -0.05) is 47.6 Å². The standard InChI is InChI=1S/C21H19FN2O2/c1-14(15-7-3-2-4-8-15)23-20(25)21(11-12-21)19-13-18(26-24-19)16-9-5-6-10-17(16)22/h2-10,13-14H,11-12H2,1H3,(H,23,25). The van der Waals surface area contributed by atoms with Crippen LogP contribution >= 0.6 is 0 Å². The first-order valence-corrected chi connectivity index (χ1v) is 8.68. The Hall–Kier alpha value is -2.95. The van der Waals surface area contributed by atoms with Crippen LogP contribution in [0.1, 0.15) is 37.1 Å². The molecule has 1 fully saturated rings. The molecule has 0 bridgehead atoms. The Balaban J connectivity index is 1.54. The second kappa shape index (κ2) is 6.41. The van der Waals surface area contributed by atoms with Gasteiger partial charge in [-0.25, -0.2) is 4.39 Å². The molecule has 1 aromatic heterocycles. The molecule has 4 rings (SSSR count). The van der Waals surface area contributed by atoms with Gasteiger partial charge in [0.1, 0.15) is 5.82 Å². The van der Waals surface area contributed by atoms with Crippen molar-refractivity contribution in [1.29, 1.82) is 0 Å². The fourth-order valence-electron chi connectivity index (χ4n) is 3.17. The highest BCUT2D eigenvalue weighted by Gasteiger charge is 2.54. The van der Waals surface area contributed by atoms with E-state index >= 15 is 0 Å². The molecular formula is C21H19FN2O2. The van der Waals surface area contributed by atoms with E-state index in [-0.39, 0.29) is 17.8 Å². The predicted molar refractivity (Wildman–Crippen MR) is 95.8 cm³/mol. The molecule has 5 heteroatoms. The van der Waals surface area contributed by atoms with E-state index in [1.807, 2.05) is 37.3 Å². The number of hydrogen-bond acceptors (Lipinski definition) is 3. The molecule has 0 saturated heterocycles. The highest BCUT2D eigenvalue weighted by atomic mass is 19.1. The van der Waals surface area contributed by atoms with Gasteiger partial charge in [-0.15, -0.1) is 0 Å². The van der Waals surface area contributed by atoms with E-state index in [1.54, 1.807) is 24.3 Å². The maximum atomic E-state index is 13.9. The molecule has 1 unspecified atom stereocenters. The van der Waals surface area contributed by atoms with E-state index < -0.39 is 5.41 Å². The third-order valence-corrected chi connectivity index (χ3v) is 4.97. The van der Waals surface area contributed by atoms with Crippen LogP contribution < -0.4 is 5.32 Å². The Bertz CT molecular complexity index is 932. The van der Waals surface area contributed by atoms with Crippen molar-refractivity contribution in [3.63, 3.8) is 0 Å². The van der Waals surface area contributed by atoms with Gasteiger partial charge in [-0.2, -0.15) is 0 Å². The van der Waals surface area contributed by atoms with Crippen LogP contribution in [0, 0.1) is 5.82 Å². The molecule has 0 aliphatic heterocycles. The highest BCUT2D eigenvalue weighted by molar-refractivity contribution is 5.91. The average Bonchev–Trinajstić information content (AvgIpc) is 3.34. The van der Waals surface area contributed by atoms with Crippen LogP contribution in [-0.2, 0) is 10.2 Å². The third-order valence-electron chi connectivity index (χ3n) is 4.97. The Morgan fingerprint density at radius 3 is 2.54 bits per heavy atom. The molecule has 3 aromatic rings. The number of nitrogens with one attached hydrogen (secondary N) is 1. The van der Waals surface area contributed by atoms with Crippen LogP contribution in [0.4, 0.5) is 4.39 Å². The molecule has 132 valence electrons. The van der Waals surface area contributed by atoms with Crippen LogP contribution in [0.15, 0.2) is 65.2 Å². The molecule has 1 aliphatic carbocycles. The molecule has 0 spiro atoms. The molecular weight excluding hydrogens is 331 g/mol. The zero-order valence-electron chi connectivity index (χ0n) is 14.4. The summed E-state index contributed by atoms with van der Waals surface area (Å²) >= 11 is 0. The Labute approximate surface area is 151 Å². The number of aromatic nitrogens is 1. The van der Waals surface area contributed by atoms with Crippen molar-refractivity contribution in [3.8, 4) is 11.3 Å². The van der Waals surface area contributed by atoms with Crippen molar-refractivity contribution in [1.82, 2.24) is 10.5 Å². The van der Waals surface area contributed by atoms with Gasteiger partial charge in [0.25, 0.3) is 0 Å². The monoisotopic (exact) mass is 350 g/mol. The lowest BCUT2D eigenvalue weighted by Crippen LogP contribution is -2.36. The zero-order valence-corrected chi connectivity index (χ0v) is 14.4. The molecule has 26 heavy (non-hydrogen) atoms. The number of hydrogen-bond donors (Lipinski definition) is 1. The Kier molecular flexibility index (Phi) is 4.07. The normalized spacial score (nSPS) is 16.1. The number of carbonyl (C=O) groups is 1. The summed E-state index contributed by atoms with van der Waals surface area (Å²) in [6, 6.07) is 17.8. The SMILES string of the molecule is CC(NC(=O)C1(c2cc(-c3ccccc3F)on2)CC1)c1ccccc1. The van der Waals surface area contributed by atoms with Crippen LogP contribution in [0.5, 0.6) is 0 Å². The lowest BCUT2D eigenvalue weighted by molar-refractivity contribution is -0.124. The molecule has 4 nitrogen and oxygen atoms in total. The predicted octanol–water partition coefficient (Wildman–Crippen LogP) is 4.39. The molecule has 1 heterocycles. The molecule has 1 aliphatic rings. The number of halogens is 1. The maximum Gasteiger partial charge on any atom is 0.232 e. The lowest BCUT2D eigenvalue weighted by atomic mass is 9.99. The summed E-state index contributed by atoms with van der Waals surface area (Å²) < 4.78 is 19.3. The highest BCUT2D eigenvalue weighted by Crippen LogP contribution is 2.49. The van der Waals surface area contributed by atoms with Gasteiger partial charge in [0.15, 0.2) is 5.76 Å². The summed E-state index contributed by atoms with van der Waals surface area (Å²) in [6.07, 6.45) is 1.42. The minimum absolute atomic E-state index is 0.0674. The summed E-state index contributed by atoms with van der Waals surface area (Å²) in [5.74, 6) is -0.0993. The largest absolute Gasteiger partial charge is 0.356 e. The molecule has 1 atom stereocenters. The average molecular weight is 350 g/mol. The fraction of sp³-hybridized carbons (Fsp3) is 0.238. The van der Waals surface area contributed by atoms with Crippen molar-refractivity contribution in [2.75, 3.05) is 0 Å². The van der Waals surface area contributed by atoms with Crippen molar-refractivity contribution in [3.05, 3.63) is 77.7 Å². The van der Waals surface area contributed by atoms with Crippen LogP contribution in [0.2, 0.25) is 0 Å². The summed E-state index contributed by atoms with van der Waals surface area (Å²) in [5.41, 5.74) is 1.29. The lowest BCUT2D eigenvalue weighted by Gasteiger charge is -2.18. The van der Waals surface area contributed by atoms with E-state index in [2.05, 4.69) is 10.5 Å². The Morgan fingerprint density at radius 1 is 1.15 bits per heavy atom. The minimum Gasteiger partial charge on any atom is -0.356 e. The molecule has 2 aromatic carbocycles. The quantitative estimate of drug-likeness (QED) is 0.742. The van der Waals surface area contributed by atoms with Crippen molar-refractivity contribution >= 4 is 5.91 Å². The molecule has 1 saturated carbocycles. The van der Waals surface area contributed by atoms with Crippen LogP contribution in [0.3, 0.4) is 0 Å². The first kappa shape index (κ1) is 16.5. The van der Waals surface area contributed by atoms with Crippen LogP contribution in [-0.4, -0.2) is 11.1 Å². The smallest absolute Gasteiger partial charge is 0.232 e. The summed E-state index contributed by atoms with van der Waals surface area (Å²) in [6.45, 7) is 1.96. The second-order valence-electron chi connectivity index (χ2n) is 6.74. The molecule has 0 radical (unpaired) electrons. The van der Waals surface area contributed by atoms with Gasteiger partial charge in [0, 0.05) is 6.07 Å². The van der Waals surface area contributed by atoms with E-state index in [0.717, 1.165) is 5.56 Å². The van der Waals surface area contributed by atoms with E-state index in [9.17, 15) is 9.18 Å². The third kappa shape index (κ3) is 2.90. The number of nitrogens with zero attached hydrogens (tertiary/aromatic N) is 1. The summed E-state index contributed by atoms with van der Waals surface area (Å²) in [7, 11) is 0. The number of rotatable bonds is 5. The van der Waals surface area contributed by atoms with Crippen LogP contribution in [0.25, 0.3) is 11.3 Å². The zero-order chi connectivity index (χ0) is 18.1. The second-order valence-corrected chi connectivity index (χ2v) is 6.74. The van der Waals surface area contributed by atoms with E-state index in [4.69, 9.17) is 4.52 Å². The number of amides is 1. The topological polar surface area (TPSA) is 55.1 Å².